The number of aryl methyl sites for hydroxylation is 1. The molecule has 1 saturated carbocycles. The summed E-state index contributed by atoms with van der Waals surface area (Å²) in [6, 6.07) is -0.0277. The van der Waals surface area contributed by atoms with Crippen LogP contribution in [0.5, 0.6) is 0 Å². The normalized spacial score (nSPS) is 17.5. The lowest BCUT2D eigenvalue weighted by molar-refractivity contribution is -0.143. The van der Waals surface area contributed by atoms with Crippen molar-refractivity contribution in [2.45, 2.75) is 70.6 Å². The van der Waals surface area contributed by atoms with Crippen molar-refractivity contribution in [1.82, 2.24) is 24.3 Å². The van der Waals surface area contributed by atoms with Gasteiger partial charge < -0.3 is 4.57 Å². The number of rotatable bonds is 5. The molecule has 0 saturated heterocycles. The highest BCUT2D eigenvalue weighted by Crippen LogP contribution is 2.33. The molecule has 0 aliphatic heterocycles. The van der Waals surface area contributed by atoms with E-state index in [4.69, 9.17) is 0 Å². The number of hydrogen-bond donors (Lipinski definition) is 0. The van der Waals surface area contributed by atoms with Crippen LogP contribution in [0.15, 0.2) is 12.4 Å². The summed E-state index contributed by atoms with van der Waals surface area (Å²) in [5, 5.41) is 4.20. The zero-order valence-electron chi connectivity index (χ0n) is 13.9. The van der Waals surface area contributed by atoms with Gasteiger partial charge in [0.1, 0.15) is 18.2 Å². The fourth-order valence-corrected chi connectivity index (χ4v) is 3.41. The molecule has 3 rings (SSSR count). The minimum Gasteiger partial charge on any atom is -0.332 e. The second-order valence-corrected chi connectivity index (χ2v) is 6.58. The minimum absolute atomic E-state index is 0.0277. The number of hydrogen-bond acceptors (Lipinski definition) is 3. The van der Waals surface area contributed by atoms with E-state index in [9.17, 15) is 13.2 Å². The van der Waals surface area contributed by atoms with Crippen LogP contribution in [0.2, 0.25) is 0 Å². The van der Waals surface area contributed by atoms with E-state index in [1.807, 2.05) is 24.6 Å². The van der Waals surface area contributed by atoms with Crippen LogP contribution in [0.25, 0.3) is 0 Å². The van der Waals surface area contributed by atoms with Crippen molar-refractivity contribution in [3.63, 3.8) is 0 Å². The Morgan fingerprint density at radius 1 is 1.29 bits per heavy atom. The van der Waals surface area contributed by atoms with Crippen LogP contribution >= 0.6 is 0 Å². The van der Waals surface area contributed by atoms with E-state index in [0.717, 1.165) is 36.2 Å². The Morgan fingerprint density at radius 3 is 2.58 bits per heavy atom. The van der Waals surface area contributed by atoms with Crippen molar-refractivity contribution in [3.05, 3.63) is 29.9 Å². The molecule has 132 valence electrons. The molecule has 0 radical (unpaired) electrons. The maximum Gasteiger partial charge on any atom is 0.408 e. The molecular weight excluding hydrogens is 319 g/mol. The summed E-state index contributed by atoms with van der Waals surface area (Å²) in [6.07, 6.45) is 3.74. The average molecular weight is 341 g/mol. The second kappa shape index (κ2) is 6.57. The van der Waals surface area contributed by atoms with Gasteiger partial charge in [0.05, 0.1) is 0 Å². The van der Waals surface area contributed by atoms with Gasteiger partial charge in [0.15, 0.2) is 5.82 Å². The van der Waals surface area contributed by atoms with Crippen LogP contribution < -0.4 is 0 Å². The minimum atomic E-state index is -4.30. The third-order valence-electron chi connectivity index (χ3n) is 4.63. The first-order valence-electron chi connectivity index (χ1n) is 8.33. The molecule has 0 amide bonds. The number of alkyl halides is 3. The van der Waals surface area contributed by atoms with Crippen LogP contribution in [0.4, 0.5) is 13.2 Å². The Kier molecular flexibility index (Phi) is 4.64. The second-order valence-electron chi connectivity index (χ2n) is 6.58. The maximum absolute atomic E-state index is 12.9. The molecule has 1 atom stereocenters. The zero-order chi connectivity index (χ0) is 17.3. The Balaban J connectivity index is 1.85. The molecule has 1 aliphatic rings. The largest absolute Gasteiger partial charge is 0.408 e. The first-order chi connectivity index (χ1) is 11.3. The molecule has 0 bridgehead atoms. The maximum atomic E-state index is 12.9. The third kappa shape index (κ3) is 3.79. The van der Waals surface area contributed by atoms with E-state index in [0.29, 0.717) is 18.1 Å². The molecular formula is C16H22F3N5. The molecule has 0 spiro atoms. The first-order valence-corrected chi connectivity index (χ1v) is 8.33. The molecule has 0 N–H and O–H groups in total. The molecule has 2 aromatic heterocycles. The van der Waals surface area contributed by atoms with E-state index in [1.165, 1.54) is 0 Å². The van der Waals surface area contributed by atoms with E-state index in [1.54, 1.807) is 6.20 Å². The third-order valence-corrected chi connectivity index (χ3v) is 4.63. The number of aromatic nitrogens is 5. The Hall–Kier alpha value is -1.86. The van der Waals surface area contributed by atoms with Gasteiger partial charge in [0, 0.05) is 30.8 Å². The van der Waals surface area contributed by atoms with Crippen LogP contribution in [-0.4, -0.2) is 30.5 Å². The highest BCUT2D eigenvalue weighted by molar-refractivity contribution is 5.04. The van der Waals surface area contributed by atoms with E-state index >= 15 is 0 Å². The van der Waals surface area contributed by atoms with E-state index in [2.05, 4.69) is 15.1 Å². The first kappa shape index (κ1) is 17.0. The summed E-state index contributed by atoms with van der Waals surface area (Å²) in [5.41, 5.74) is 0. The summed E-state index contributed by atoms with van der Waals surface area (Å²) >= 11 is 0. The van der Waals surface area contributed by atoms with Crippen LogP contribution in [0.1, 0.15) is 62.0 Å². The van der Waals surface area contributed by atoms with Gasteiger partial charge in [0.25, 0.3) is 0 Å². The van der Waals surface area contributed by atoms with Crippen molar-refractivity contribution >= 4 is 0 Å². The summed E-state index contributed by atoms with van der Waals surface area (Å²) < 4.78 is 41.6. The highest BCUT2D eigenvalue weighted by atomic mass is 19.4. The Bertz CT molecular complexity index is 682. The van der Waals surface area contributed by atoms with Gasteiger partial charge in [-0.2, -0.15) is 18.3 Å². The Labute approximate surface area is 138 Å². The van der Waals surface area contributed by atoms with E-state index < -0.39 is 12.7 Å². The van der Waals surface area contributed by atoms with Gasteiger partial charge in [-0.1, -0.05) is 12.8 Å². The molecule has 0 aromatic carbocycles. The van der Waals surface area contributed by atoms with Crippen LogP contribution in [-0.2, 0) is 13.0 Å². The van der Waals surface area contributed by atoms with E-state index in [-0.39, 0.29) is 12.0 Å². The molecule has 5 nitrogen and oxygen atoms in total. The predicted molar refractivity (Wildman–Crippen MR) is 82.7 cm³/mol. The van der Waals surface area contributed by atoms with Gasteiger partial charge in [-0.3, -0.25) is 0 Å². The molecule has 2 aromatic rings. The summed E-state index contributed by atoms with van der Waals surface area (Å²) in [7, 11) is 0. The monoisotopic (exact) mass is 341 g/mol. The van der Waals surface area contributed by atoms with Crippen molar-refractivity contribution in [2.24, 2.45) is 0 Å². The van der Waals surface area contributed by atoms with Gasteiger partial charge in [-0.05, 0) is 26.7 Å². The van der Waals surface area contributed by atoms with Crippen molar-refractivity contribution < 1.29 is 13.2 Å². The van der Waals surface area contributed by atoms with Gasteiger partial charge >= 0.3 is 6.18 Å². The lowest BCUT2D eigenvalue weighted by Gasteiger charge is -2.15. The van der Waals surface area contributed by atoms with Gasteiger partial charge in [0.2, 0.25) is 0 Å². The topological polar surface area (TPSA) is 48.5 Å². The van der Waals surface area contributed by atoms with Crippen molar-refractivity contribution in [3.8, 4) is 0 Å². The zero-order valence-corrected chi connectivity index (χ0v) is 13.9. The SMILES string of the molecule is Cc1nccn1[C@@H](C)Cc1nc(C2CCCC2)nn1CC(F)(F)F. The summed E-state index contributed by atoms with van der Waals surface area (Å²) in [5.74, 6) is 2.00. The predicted octanol–water partition coefficient (Wildman–Crippen LogP) is 3.81. The van der Waals surface area contributed by atoms with Crippen molar-refractivity contribution in [1.29, 1.82) is 0 Å². The lowest BCUT2D eigenvalue weighted by Crippen LogP contribution is -2.22. The van der Waals surface area contributed by atoms with Gasteiger partial charge in [-0.15, -0.1) is 0 Å². The quantitative estimate of drug-likeness (QED) is 0.831. The van der Waals surface area contributed by atoms with Gasteiger partial charge in [-0.25, -0.2) is 14.6 Å². The fourth-order valence-electron chi connectivity index (χ4n) is 3.41. The smallest absolute Gasteiger partial charge is 0.332 e. The average Bonchev–Trinajstić information content (AvgIpc) is 3.18. The summed E-state index contributed by atoms with van der Waals surface area (Å²) in [6.45, 7) is 2.75. The molecule has 1 aliphatic carbocycles. The summed E-state index contributed by atoms with van der Waals surface area (Å²) in [4.78, 5) is 8.64. The molecule has 2 heterocycles. The van der Waals surface area contributed by atoms with Crippen LogP contribution in [0, 0.1) is 6.92 Å². The highest BCUT2D eigenvalue weighted by Gasteiger charge is 2.32. The fraction of sp³-hybridized carbons (Fsp3) is 0.688. The molecule has 24 heavy (non-hydrogen) atoms. The standard InChI is InChI=1S/C16H22F3N5/c1-11(23-8-7-20-12(23)2)9-14-21-15(13-5-3-4-6-13)22-24(14)10-16(17,18)19/h7-8,11,13H,3-6,9-10H2,1-2H3/t11-/m0/s1. The lowest BCUT2D eigenvalue weighted by atomic mass is 10.1. The van der Waals surface area contributed by atoms with Crippen LogP contribution in [0.3, 0.4) is 0 Å². The number of nitrogens with zero attached hydrogens (tertiary/aromatic N) is 5. The molecule has 8 heteroatoms. The number of halogens is 3. The molecule has 1 fully saturated rings. The number of imidazole rings is 1. The molecule has 0 unspecified atom stereocenters. The Morgan fingerprint density at radius 2 is 2.00 bits per heavy atom. The van der Waals surface area contributed by atoms with Crippen molar-refractivity contribution in [2.75, 3.05) is 0 Å².